The molecule has 0 saturated heterocycles. The molecule has 0 unspecified atom stereocenters. The summed E-state index contributed by atoms with van der Waals surface area (Å²) in [5.74, 6) is -0.259. The molecule has 6 nitrogen and oxygen atoms in total. The minimum atomic E-state index is -3.57. The van der Waals surface area contributed by atoms with E-state index in [-0.39, 0.29) is 16.8 Å². The highest BCUT2D eigenvalue weighted by Gasteiger charge is 2.23. The molecule has 1 aromatic carbocycles. The first-order valence-corrected chi connectivity index (χ1v) is 9.42. The van der Waals surface area contributed by atoms with Crippen LogP contribution in [0.3, 0.4) is 0 Å². The lowest BCUT2D eigenvalue weighted by Crippen LogP contribution is -2.33. The number of rotatable bonds is 7. The van der Waals surface area contributed by atoms with Crippen LogP contribution in [0.25, 0.3) is 0 Å². The maximum absolute atomic E-state index is 12.4. The molecule has 0 bridgehead atoms. The van der Waals surface area contributed by atoms with Crippen molar-refractivity contribution in [3.63, 3.8) is 0 Å². The van der Waals surface area contributed by atoms with E-state index in [2.05, 4.69) is 10.0 Å². The zero-order chi connectivity index (χ0) is 16.9. The average Bonchev–Trinajstić information content (AvgIpc) is 2.99. The van der Waals surface area contributed by atoms with E-state index in [1.54, 1.807) is 12.1 Å². The van der Waals surface area contributed by atoms with Gasteiger partial charge in [0, 0.05) is 24.7 Å². The van der Waals surface area contributed by atoms with E-state index < -0.39 is 10.0 Å². The molecule has 0 aromatic heterocycles. The predicted octanol–water partition coefficient (Wildman–Crippen LogP) is 1.20. The second-order valence-corrected chi connectivity index (χ2v) is 7.90. The van der Waals surface area contributed by atoms with Gasteiger partial charge in [-0.2, -0.15) is 0 Å². The zero-order valence-corrected chi connectivity index (χ0v) is 14.5. The minimum Gasteiger partial charge on any atom is -0.351 e. The van der Waals surface area contributed by atoms with Crippen molar-refractivity contribution in [3.8, 4) is 0 Å². The van der Waals surface area contributed by atoms with Crippen LogP contribution >= 0.6 is 0 Å². The molecule has 0 radical (unpaired) electrons. The third-order valence-corrected chi connectivity index (χ3v) is 5.45. The Bertz CT molecular complexity index is 638. The topological polar surface area (TPSA) is 78.5 Å². The number of amides is 1. The normalized spacial score (nSPS) is 16.0. The number of nitrogens with one attached hydrogen (secondary N) is 2. The summed E-state index contributed by atoms with van der Waals surface area (Å²) in [5, 5.41) is 2.79. The van der Waals surface area contributed by atoms with Crippen molar-refractivity contribution in [2.45, 2.75) is 36.6 Å². The van der Waals surface area contributed by atoms with Crippen LogP contribution in [0.15, 0.2) is 29.2 Å². The van der Waals surface area contributed by atoms with E-state index in [1.807, 2.05) is 19.0 Å². The maximum Gasteiger partial charge on any atom is 0.251 e. The number of hydrogen-bond donors (Lipinski definition) is 2. The maximum atomic E-state index is 12.4. The van der Waals surface area contributed by atoms with Crippen LogP contribution in [0, 0.1) is 0 Å². The van der Waals surface area contributed by atoms with Crippen molar-refractivity contribution in [1.82, 2.24) is 14.9 Å². The fraction of sp³-hybridized carbons (Fsp3) is 0.562. The Labute approximate surface area is 138 Å². The molecule has 7 heteroatoms. The van der Waals surface area contributed by atoms with E-state index in [4.69, 9.17) is 0 Å². The van der Waals surface area contributed by atoms with E-state index in [0.717, 1.165) is 32.2 Å². The van der Waals surface area contributed by atoms with Crippen LogP contribution in [-0.2, 0) is 10.0 Å². The predicted molar refractivity (Wildman–Crippen MR) is 89.9 cm³/mol. The number of carbonyl (C=O) groups is 1. The number of carbonyl (C=O) groups excluding carboxylic acids is 1. The van der Waals surface area contributed by atoms with E-state index in [0.29, 0.717) is 12.1 Å². The van der Waals surface area contributed by atoms with Crippen LogP contribution in [0.4, 0.5) is 0 Å². The molecule has 1 amide bonds. The molecule has 128 valence electrons. The van der Waals surface area contributed by atoms with Crippen LogP contribution in [0.5, 0.6) is 0 Å². The summed E-state index contributed by atoms with van der Waals surface area (Å²) in [4.78, 5) is 14.2. The van der Waals surface area contributed by atoms with Crippen LogP contribution in [0.2, 0.25) is 0 Å². The molecule has 1 aromatic rings. The third-order valence-electron chi connectivity index (χ3n) is 3.93. The largest absolute Gasteiger partial charge is 0.351 e. The Hall–Kier alpha value is -1.44. The Morgan fingerprint density at radius 3 is 2.61 bits per heavy atom. The zero-order valence-electron chi connectivity index (χ0n) is 13.7. The second-order valence-electron chi connectivity index (χ2n) is 6.19. The first-order valence-electron chi connectivity index (χ1n) is 7.94. The highest BCUT2D eigenvalue weighted by Crippen LogP contribution is 2.20. The van der Waals surface area contributed by atoms with Crippen molar-refractivity contribution >= 4 is 15.9 Å². The molecule has 1 aliphatic carbocycles. The van der Waals surface area contributed by atoms with Crippen LogP contribution in [0.1, 0.15) is 36.0 Å². The SMILES string of the molecule is CN(C)CCNC(=O)c1cccc(S(=O)(=O)NC2CCCC2)c1. The van der Waals surface area contributed by atoms with Gasteiger partial charge in [0.1, 0.15) is 0 Å². The van der Waals surface area contributed by atoms with Gasteiger partial charge in [-0.1, -0.05) is 18.9 Å². The summed E-state index contributed by atoms with van der Waals surface area (Å²) in [7, 11) is 0.277. The van der Waals surface area contributed by atoms with Gasteiger partial charge in [-0.15, -0.1) is 0 Å². The number of nitrogens with zero attached hydrogens (tertiary/aromatic N) is 1. The molecule has 0 aliphatic heterocycles. The smallest absolute Gasteiger partial charge is 0.251 e. The molecular weight excluding hydrogens is 314 g/mol. The standard InChI is InChI=1S/C16H25N3O3S/c1-19(2)11-10-17-16(20)13-6-5-9-15(12-13)23(21,22)18-14-7-3-4-8-14/h5-6,9,12,14,18H,3-4,7-8,10-11H2,1-2H3,(H,17,20). The second kappa shape index (κ2) is 7.90. The lowest BCUT2D eigenvalue weighted by Gasteiger charge is -2.13. The summed E-state index contributed by atoms with van der Waals surface area (Å²) < 4.78 is 27.6. The molecule has 1 aliphatic rings. The van der Waals surface area contributed by atoms with Gasteiger partial charge < -0.3 is 10.2 Å². The molecule has 2 N–H and O–H groups in total. The van der Waals surface area contributed by atoms with E-state index in [1.165, 1.54) is 12.1 Å². The van der Waals surface area contributed by atoms with Crippen molar-refractivity contribution in [2.75, 3.05) is 27.2 Å². The summed E-state index contributed by atoms with van der Waals surface area (Å²) in [6.45, 7) is 1.25. The molecule has 23 heavy (non-hydrogen) atoms. The molecular formula is C16H25N3O3S. The van der Waals surface area contributed by atoms with Gasteiger partial charge >= 0.3 is 0 Å². The minimum absolute atomic E-state index is 0.0116. The van der Waals surface area contributed by atoms with Crippen LogP contribution in [-0.4, -0.2) is 52.5 Å². The average molecular weight is 339 g/mol. The van der Waals surface area contributed by atoms with Gasteiger partial charge in [0.05, 0.1) is 4.90 Å². The third kappa shape index (κ3) is 5.30. The Balaban J connectivity index is 2.04. The Morgan fingerprint density at radius 2 is 1.96 bits per heavy atom. The molecule has 1 fully saturated rings. The molecule has 1 saturated carbocycles. The van der Waals surface area contributed by atoms with Gasteiger partial charge in [0.2, 0.25) is 10.0 Å². The monoisotopic (exact) mass is 339 g/mol. The summed E-state index contributed by atoms with van der Waals surface area (Å²) in [6, 6.07) is 6.19. The fourth-order valence-electron chi connectivity index (χ4n) is 2.63. The summed E-state index contributed by atoms with van der Waals surface area (Å²) >= 11 is 0. The van der Waals surface area contributed by atoms with Crippen LogP contribution < -0.4 is 10.0 Å². The van der Waals surface area contributed by atoms with E-state index in [9.17, 15) is 13.2 Å². The van der Waals surface area contributed by atoms with Crippen molar-refractivity contribution in [3.05, 3.63) is 29.8 Å². The first-order chi connectivity index (χ1) is 10.9. The first kappa shape index (κ1) is 17.9. The number of hydrogen-bond acceptors (Lipinski definition) is 4. The van der Waals surface area contributed by atoms with Gasteiger partial charge in [0.15, 0.2) is 0 Å². The van der Waals surface area contributed by atoms with Gasteiger partial charge in [-0.25, -0.2) is 13.1 Å². The molecule has 2 rings (SSSR count). The number of benzene rings is 1. The highest BCUT2D eigenvalue weighted by atomic mass is 32.2. The van der Waals surface area contributed by atoms with E-state index >= 15 is 0 Å². The summed E-state index contributed by atoms with van der Waals surface area (Å²) in [6.07, 6.45) is 3.87. The van der Waals surface area contributed by atoms with Gasteiger partial charge in [0.25, 0.3) is 5.91 Å². The highest BCUT2D eigenvalue weighted by molar-refractivity contribution is 7.89. The lowest BCUT2D eigenvalue weighted by molar-refractivity contribution is 0.0951. The lowest BCUT2D eigenvalue weighted by atomic mass is 10.2. The Morgan fingerprint density at radius 1 is 1.26 bits per heavy atom. The number of sulfonamides is 1. The molecule has 0 atom stereocenters. The summed E-state index contributed by atoms with van der Waals surface area (Å²) in [5.41, 5.74) is 0.359. The molecule has 0 spiro atoms. The quantitative estimate of drug-likeness (QED) is 0.782. The number of likely N-dealkylation sites (N-methyl/N-ethyl adjacent to an activating group) is 1. The van der Waals surface area contributed by atoms with Crippen molar-refractivity contribution in [2.24, 2.45) is 0 Å². The Kier molecular flexibility index (Phi) is 6.15. The molecule has 0 heterocycles. The fourth-order valence-corrected chi connectivity index (χ4v) is 3.98. The van der Waals surface area contributed by atoms with Crippen molar-refractivity contribution < 1.29 is 13.2 Å². The van der Waals surface area contributed by atoms with Gasteiger partial charge in [-0.3, -0.25) is 4.79 Å². The van der Waals surface area contributed by atoms with Crippen molar-refractivity contribution in [1.29, 1.82) is 0 Å². The van der Waals surface area contributed by atoms with Gasteiger partial charge in [-0.05, 0) is 45.1 Å².